The molecule has 8 nitrogen and oxygen atoms in total. The molecule has 3 N–H and O–H groups in total. The molecule has 1 saturated carbocycles. The summed E-state index contributed by atoms with van der Waals surface area (Å²) in [7, 11) is 1.33. The number of ether oxygens (including phenoxy) is 1. The zero-order valence-corrected chi connectivity index (χ0v) is 14.4. The Morgan fingerprint density at radius 3 is 2.56 bits per heavy atom. The molecule has 1 aliphatic carbocycles. The predicted molar refractivity (Wildman–Crippen MR) is 91.9 cm³/mol. The Balaban J connectivity index is 1.94. The first-order chi connectivity index (χ1) is 13.1. The van der Waals surface area contributed by atoms with Gasteiger partial charge in [-0.2, -0.15) is 0 Å². The van der Waals surface area contributed by atoms with E-state index in [0.29, 0.717) is 25.7 Å². The molecule has 0 bridgehead atoms. The zero-order valence-electron chi connectivity index (χ0n) is 16.6. The van der Waals surface area contributed by atoms with Gasteiger partial charge in [0.2, 0.25) is 5.91 Å². The highest BCUT2D eigenvalue weighted by Crippen LogP contribution is 2.29. The minimum absolute atomic E-state index is 0.00898. The standard InChI is InChI=1S/C16H21ClN4O4/c1-18-12-7-13(17)19-8-11(12)15(23)21-20-14(22)9-3-5-10(6-4-9)16(24)25-2/h7-10H,3-6H2,1-2H3,(H,18,19)(H,20,22)(H,21,23)/i1D3. The van der Waals surface area contributed by atoms with Gasteiger partial charge in [-0.1, -0.05) is 11.6 Å². The van der Waals surface area contributed by atoms with Crippen molar-refractivity contribution in [3.63, 3.8) is 0 Å². The number of hydrazine groups is 1. The van der Waals surface area contributed by atoms with Crippen molar-refractivity contribution >= 4 is 35.1 Å². The monoisotopic (exact) mass is 371 g/mol. The first-order valence-corrected chi connectivity index (χ1v) is 8.10. The number of carbonyl (C=O) groups is 3. The Bertz CT molecular complexity index is 752. The number of nitrogens with zero attached hydrogens (tertiary/aromatic N) is 1. The SMILES string of the molecule is [2H]C([2H])([2H])Nc1cc(Cl)ncc1C(=O)NNC(=O)C1CCC(C(=O)OC)CC1. The summed E-state index contributed by atoms with van der Waals surface area (Å²) in [6.07, 6.45) is 3.17. The van der Waals surface area contributed by atoms with Crippen LogP contribution in [0.3, 0.4) is 0 Å². The van der Waals surface area contributed by atoms with E-state index in [-0.39, 0.29) is 40.1 Å². The van der Waals surface area contributed by atoms with Gasteiger partial charge in [0.1, 0.15) is 5.15 Å². The van der Waals surface area contributed by atoms with Crippen LogP contribution in [0.4, 0.5) is 5.69 Å². The third-order valence-electron chi connectivity index (χ3n) is 4.18. The van der Waals surface area contributed by atoms with Crippen LogP contribution in [0.5, 0.6) is 0 Å². The van der Waals surface area contributed by atoms with E-state index in [0.717, 1.165) is 6.20 Å². The molecule has 0 saturated heterocycles. The third kappa shape index (κ3) is 4.82. The van der Waals surface area contributed by atoms with Gasteiger partial charge in [0, 0.05) is 23.2 Å². The summed E-state index contributed by atoms with van der Waals surface area (Å²) >= 11 is 5.75. The molecule has 0 aliphatic heterocycles. The smallest absolute Gasteiger partial charge is 0.308 e. The van der Waals surface area contributed by atoms with Gasteiger partial charge in [-0.3, -0.25) is 25.2 Å². The van der Waals surface area contributed by atoms with Crippen LogP contribution < -0.4 is 16.2 Å². The van der Waals surface area contributed by atoms with E-state index in [2.05, 4.69) is 21.2 Å². The van der Waals surface area contributed by atoms with Crippen molar-refractivity contribution in [2.75, 3.05) is 19.4 Å². The zero-order chi connectivity index (χ0) is 20.9. The largest absolute Gasteiger partial charge is 0.469 e. The summed E-state index contributed by atoms with van der Waals surface area (Å²) in [5.41, 5.74) is 4.45. The van der Waals surface area contributed by atoms with Crippen molar-refractivity contribution in [2.24, 2.45) is 11.8 Å². The van der Waals surface area contributed by atoms with E-state index in [1.54, 1.807) is 0 Å². The minimum atomic E-state index is -2.54. The van der Waals surface area contributed by atoms with Gasteiger partial charge in [-0.15, -0.1) is 0 Å². The summed E-state index contributed by atoms with van der Waals surface area (Å²) in [6, 6.07) is 1.21. The molecular formula is C16H21ClN4O4. The maximum Gasteiger partial charge on any atom is 0.308 e. The number of hydrogen-bond acceptors (Lipinski definition) is 6. The van der Waals surface area contributed by atoms with Crippen LogP contribution in [-0.2, 0) is 14.3 Å². The molecular weight excluding hydrogens is 348 g/mol. The molecule has 1 aromatic heterocycles. The van der Waals surface area contributed by atoms with Crippen LogP contribution in [-0.4, -0.2) is 36.9 Å². The van der Waals surface area contributed by atoms with Crippen LogP contribution >= 0.6 is 11.6 Å². The topological polar surface area (TPSA) is 109 Å². The number of rotatable bonds is 4. The predicted octanol–water partition coefficient (Wildman–Crippen LogP) is 1.52. The summed E-state index contributed by atoms with van der Waals surface area (Å²) in [5, 5.41) is 2.21. The third-order valence-corrected chi connectivity index (χ3v) is 4.39. The molecule has 2 amide bonds. The van der Waals surface area contributed by atoms with E-state index in [4.69, 9.17) is 20.5 Å². The molecule has 0 unspecified atom stereocenters. The number of nitrogens with one attached hydrogen (secondary N) is 3. The number of esters is 1. The lowest BCUT2D eigenvalue weighted by Crippen LogP contribution is -2.45. The lowest BCUT2D eigenvalue weighted by atomic mass is 9.82. The molecule has 1 aromatic rings. The molecule has 0 spiro atoms. The van der Waals surface area contributed by atoms with Gasteiger partial charge in [0.15, 0.2) is 0 Å². The lowest BCUT2D eigenvalue weighted by Gasteiger charge is -2.26. The van der Waals surface area contributed by atoms with E-state index in [1.165, 1.54) is 13.2 Å². The Hall–Kier alpha value is -2.35. The summed E-state index contributed by atoms with van der Waals surface area (Å²) in [4.78, 5) is 39.9. The molecule has 2 rings (SSSR count). The van der Waals surface area contributed by atoms with Gasteiger partial charge in [-0.05, 0) is 31.7 Å². The van der Waals surface area contributed by atoms with Gasteiger partial charge < -0.3 is 10.1 Å². The molecule has 1 aliphatic rings. The maximum atomic E-state index is 12.3. The number of aromatic nitrogens is 1. The highest BCUT2D eigenvalue weighted by molar-refractivity contribution is 6.29. The Labute approximate surface area is 154 Å². The lowest BCUT2D eigenvalue weighted by molar-refractivity contribution is -0.147. The van der Waals surface area contributed by atoms with Crippen molar-refractivity contribution in [3.8, 4) is 0 Å². The van der Waals surface area contributed by atoms with E-state index < -0.39 is 12.9 Å². The summed E-state index contributed by atoms with van der Waals surface area (Å²) < 4.78 is 26.5. The number of anilines is 1. The molecule has 25 heavy (non-hydrogen) atoms. The number of hydrogen-bond donors (Lipinski definition) is 3. The van der Waals surface area contributed by atoms with Gasteiger partial charge >= 0.3 is 5.97 Å². The highest BCUT2D eigenvalue weighted by atomic mass is 35.5. The van der Waals surface area contributed by atoms with Crippen LogP contribution in [0.15, 0.2) is 12.3 Å². The fourth-order valence-corrected chi connectivity index (χ4v) is 2.92. The highest BCUT2D eigenvalue weighted by Gasteiger charge is 2.30. The average Bonchev–Trinajstić information content (AvgIpc) is 2.64. The van der Waals surface area contributed by atoms with Crippen LogP contribution in [0.2, 0.25) is 5.15 Å². The Morgan fingerprint density at radius 2 is 1.92 bits per heavy atom. The quantitative estimate of drug-likeness (QED) is 0.420. The number of amides is 2. The van der Waals surface area contributed by atoms with E-state index >= 15 is 0 Å². The van der Waals surface area contributed by atoms with Gasteiger partial charge in [0.05, 0.1) is 24.3 Å². The fourth-order valence-electron chi connectivity index (χ4n) is 2.76. The minimum Gasteiger partial charge on any atom is -0.469 e. The number of pyridine rings is 1. The van der Waals surface area contributed by atoms with Crippen molar-refractivity contribution in [1.82, 2.24) is 15.8 Å². The molecule has 0 aromatic carbocycles. The Kier molecular flexibility index (Phi) is 5.18. The second-order valence-corrected chi connectivity index (χ2v) is 6.08. The number of methoxy groups -OCH3 is 1. The van der Waals surface area contributed by atoms with E-state index in [1.807, 2.05) is 0 Å². The molecule has 136 valence electrons. The fraction of sp³-hybridized carbons (Fsp3) is 0.500. The average molecular weight is 372 g/mol. The molecule has 9 heteroatoms. The van der Waals surface area contributed by atoms with Gasteiger partial charge in [0.25, 0.3) is 5.91 Å². The summed E-state index contributed by atoms with van der Waals surface area (Å²) in [5.74, 6) is -1.96. The number of halogens is 1. The second kappa shape index (κ2) is 8.66. The van der Waals surface area contributed by atoms with Crippen molar-refractivity contribution in [1.29, 1.82) is 0 Å². The van der Waals surface area contributed by atoms with Crippen LogP contribution in [0.1, 0.15) is 40.2 Å². The number of carbonyl (C=O) groups excluding carboxylic acids is 3. The van der Waals surface area contributed by atoms with Crippen LogP contribution in [0, 0.1) is 11.8 Å². The summed E-state index contributed by atoms with van der Waals surface area (Å²) in [6.45, 7) is -2.54. The Morgan fingerprint density at radius 1 is 1.24 bits per heavy atom. The van der Waals surface area contributed by atoms with E-state index in [9.17, 15) is 14.4 Å². The molecule has 0 atom stereocenters. The molecule has 0 radical (unpaired) electrons. The van der Waals surface area contributed by atoms with Crippen molar-refractivity contribution in [2.45, 2.75) is 25.7 Å². The maximum absolute atomic E-state index is 12.3. The normalized spacial score (nSPS) is 21.9. The van der Waals surface area contributed by atoms with Gasteiger partial charge in [-0.25, -0.2) is 4.98 Å². The van der Waals surface area contributed by atoms with Crippen molar-refractivity contribution < 1.29 is 23.2 Å². The first kappa shape index (κ1) is 14.9. The molecule has 1 fully saturated rings. The van der Waals surface area contributed by atoms with Crippen molar-refractivity contribution in [3.05, 3.63) is 23.0 Å². The first-order valence-electron chi connectivity index (χ1n) is 9.22. The molecule has 1 heterocycles. The second-order valence-electron chi connectivity index (χ2n) is 5.69. The van der Waals surface area contributed by atoms with Crippen LogP contribution in [0.25, 0.3) is 0 Å².